The minimum absolute atomic E-state index is 0.205. The summed E-state index contributed by atoms with van der Waals surface area (Å²) in [5.41, 5.74) is 1.72. The van der Waals surface area contributed by atoms with Gasteiger partial charge >= 0.3 is 11.9 Å². The van der Waals surface area contributed by atoms with Crippen molar-refractivity contribution in [3.8, 4) is 0 Å². The molecule has 0 radical (unpaired) electrons. The van der Waals surface area contributed by atoms with Gasteiger partial charge in [-0.1, -0.05) is 6.07 Å². The van der Waals surface area contributed by atoms with Crippen molar-refractivity contribution in [2.45, 2.75) is 31.9 Å². The number of rotatable bonds is 4. The van der Waals surface area contributed by atoms with Crippen molar-refractivity contribution in [3.05, 3.63) is 29.6 Å². The maximum atomic E-state index is 12.9. The Kier molecular flexibility index (Phi) is 3.56. The highest BCUT2D eigenvalue weighted by molar-refractivity contribution is 5.79. The lowest BCUT2D eigenvalue weighted by atomic mass is 10.2. The van der Waals surface area contributed by atoms with Crippen LogP contribution in [0.5, 0.6) is 0 Å². The van der Waals surface area contributed by atoms with E-state index in [0.717, 1.165) is 11.4 Å². The highest BCUT2D eigenvalue weighted by Gasteiger charge is 2.50. The minimum atomic E-state index is -3.34. The molecule has 1 atom stereocenters. The van der Waals surface area contributed by atoms with E-state index >= 15 is 0 Å². The molecule has 1 unspecified atom stereocenters. The number of ether oxygens (including phenoxy) is 1. The number of aromatic nitrogens is 1. The molecule has 4 nitrogen and oxygen atoms in total. The van der Waals surface area contributed by atoms with E-state index in [9.17, 15) is 13.6 Å². The van der Waals surface area contributed by atoms with Crippen LogP contribution in [0.4, 0.5) is 8.78 Å². The molecule has 18 heavy (non-hydrogen) atoms. The van der Waals surface area contributed by atoms with Gasteiger partial charge in [0.05, 0.1) is 12.1 Å². The molecule has 0 saturated carbocycles. The summed E-state index contributed by atoms with van der Waals surface area (Å²) in [6.45, 7) is 2.54. The fourth-order valence-electron chi connectivity index (χ4n) is 1.82. The molecule has 2 rings (SSSR count). The molecule has 98 valence electrons. The van der Waals surface area contributed by atoms with E-state index in [1.165, 1.54) is 0 Å². The summed E-state index contributed by atoms with van der Waals surface area (Å²) in [5.74, 6) is -4.77. The van der Waals surface area contributed by atoms with E-state index in [4.69, 9.17) is 0 Å². The molecule has 0 aromatic carbocycles. The zero-order valence-electron chi connectivity index (χ0n) is 9.95. The van der Waals surface area contributed by atoms with E-state index in [2.05, 4.69) is 15.0 Å². The van der Waals surface area contributed by atoms with Gasteiger partial charge in [0.15, 0.2) is 0 Å². The van der Waals surface area contributed by atoms with Crippen molar-refractivity contribution in [2.75, 3.05) is 6.54 Å². The second-order valence-electron chi connectivity index (χ2n) is 4.34. The van der Waals surface area contributed by atoms with Gasteiger partial charge < -0.3 is 10.1 Å². The third kappa shape index (κ3) is 3.01. The molecule has 1 aromatic rings. The first-order chi connectivity index (χ1) is 8.47. The molecule has 0 aliphatic carbocycles. The lowest BCUT2D eigenvalue weighted by molar-refractivity contribution is -0.159. The van der Waals surface area contributed by atoms with Crippen LogP contribution in [0.1, 0.15) is 17.8 Å². The number of cyclic esters (lactones) is 1. The number of hydrogen-bond donors (Lipinski definition) is 1. The van der Waals surface area contributed by atoms with Gasteiger partial charge in [-0.05, 0) is 19.1 Å². The number of aryl methyl sites for hydroxylation is 1. The molecule has 0 spiro atoms. The van der Waals surface area contributed by atoms with Gasteiger partial charge in [0.1, 0.15) is 6.10 Å². The molecule has 6 heteroatoms. The summed E-state index contributed by atoms with van der Waals surface area (Å²) in [5, 5.41) is 2.96. The summed E-state index contributed by atoms with van der Waals surface area (Å²) >= 11 is 0. The highest BCUT2D eigenvalue weighted by atomic mass is 19.3. The van der Waals surface area contributed by atoms with Crippen LogP contribution < -0.4 is 5.32 Å². The Labute approximate surface area is 103 Å². The second kappa shape index (κ2) is 4.97. The van der Waals surface area contributed by atoms with Crippen molar-refractivity contribution in [1.29, 1.82) is 0 Å². The van der Waals surface area contributed by atoms with Crippen LogP contribution in [0.15, 0.2) is 18.2 Å². The smallest absolute Gasteiger partial charge is 0.377 e. The lowest BCUT2D eigenvalue weighted by Gasteiger charge is -2.09. The number of alkyl halides is 2. The maximum Gasteiger partial charge on any atom is 0.377 e. The summed E-state index contributed by atoms with van der Waals surface area (Å²) < 4.78 is 30.3. The number of nitrogens with zero attached hydrogens (tertiary/aromatic N) is 1. The number of esters is 1. The van der Waals surface area contributed by atoms with Gasteiger partial charge in [-0.15, -0.1) is 0 Å². The Hall–Kier alpha value is -1.56. The molecular weight excluding hydrogens is 242 g/mol. The lowest BCUT2D eigenvalue weighted by Crippen LogP contribution is -2.27. The standard InChI is InChI=1S/C12H14F2N2O2/c1-8-3-2-4-9(16-8)6-15-7-10-5-12(13,14)11(17)18-10/h2-4,10,15H,5-7H2,1H3. The van der Waals surface area contributed by atoms with Crippen LogP contribution in [0.25, 0.3) is 0 Å². The monoisotopic (exact) mass is 256 g/mol. The molecule has 1 aromatic heterocycles. The molecule has 1 aliphatic rings. The molecular formula is C12H14F2N2O2. The van der Waals surface area contributed by atoms with Gasteiger partial charge in [0, 0.05) is 18.8 Å². The van der Waals surface area contributed by atoms with Crippen molar-refractivity contribution in [2.24, 2.45) is 0 Å². The van der Waals surface area contributed by atoms with Crippen molar-refractivity contribution in [3.63, 3.8) is 0 Å². The van der Waals surface area contributed by atoms with E-state index in [0.29, 0.717) is 6.54 Å². The fourth-order valence-corrected chi connectivity index (χ4v) is 1.82. The molecule has 2 heterocycles. The molecule has 0 bridgehead atoms. The molecule has 1 fully saturated rings. The number of carbonyl (C=O) groups is 1. The molecule has 1 saturated heterocycles. The van der Waals surface area contributed by atoms with Crippen LogP contribution in [0.3, 0.4) is 0 Å². The summed E-state index contributed by atoms with van der Waals surface area (Å²) in [6.07, 6.45) is -1.32. The van der Waals surface area contributed by atoms with Crippen molar-refractivity contribution < 1.29 is 18.3 Å². The van der Waals surface area contributed by atoms with Gasteiger partial charge in [-0.25, -0.2) is 4.79 Å². The summed E-state index contributed by atoms with van der Waals surface area (Å²) in [7, 11) is 0. The number of carbonyl (C=O) groups excluding carboxylic acids is 1. The first kappa shape index (κ1) is 12.9. The van der Waals surface area contributed by atoms with E-state index in [1.807, 2.05) is 25.1 Å². The normalized spacial score (nSPS) is 21.9. The predicted molar refractivity (Wildman–Crippen MR) is 60.1 cm³/mol. The van der Waals surface area contributed by atoms with Crippen LogP contribution in [-0.2, 0) is 16.1 Å². The van der Waals surface area contributed by atoms with Crippen LogP contribution in [-0.4, -0.2) is 29.5 Å². The Morgan fingerprint density at radius 3 is 2.94 bits per heavy atom. The van der Waals surface area contributed by atoms with Gasteiger partial charge in [-0.2, -0.15) is 8.78 Å². The topological polar surface area (TPSA) is 51.2 Å². The largest absolute Gasteiger partial charge is 0.456 e. The Bertz CT molecular complexity index is 451. The van der Waals surface area contributed by atoms with Crippen LogP contribution >= 0.6 is 0 Å². The molecule has 0 amide bonds. The number of nitrogens with one attached hydrogen (secondary N) is 1. The molecule has 1 aliphatic heterocycles. The van der Waals surface area contributed by atoms with E-state index in [-0.39, 0.29) is 6.54 Å². The first-order valence-corrected chi connectivity index (χ1v) is 5.69. The highest BCUT2D eigenvalue weighted by Crippen LogP contribution is 2.30. The second-order valence-corrected chi connectivity index (χ2v) is 4.34. The molecule has 1 N–H and O–H groups in total. The van der Waals surface area contributed by atoms with Gasteiger partial charge in [0.2, 0.25) is 0 Å². The fraction of sp³-hybridized carbons (Fsp3) is 0.500. The van der Waals surface area contributed by atoms with Crippen LogP contribution in [0, 0.1) is 6.92 Å². The minimum Gasteiger partial charge on any atom is -0.456 e. The number of halogens is 2. The number of pyridine rings is 1. The zero-order valence-corrected chi connectivity index (χ0v) is 9.95. The Morgan fingerprint density at radius 1 is 1.56 bits per heavy atom. The van der Waals surface area contributed by atoms with Gasteiger partial charge in [0.25, 0.3) is 0 Å². The SMILES string of the molecule is Cc1cccc(CNCC2CC(F)(F)C(=O)O2)n1. The van der Waals surface area contributed by atoms with Crippen molar-refractivity contribution >= 4 is 5.97 Å². The maximum absolute atomic E-state index is 12.9. The van der Waals surface area contributed by atoms with E-state index < -0.39 is 24.4 Å². The third-order valence-corrected chi connectivity index (χ3v) is 2.68. The van der Waals surface area contributed by atoms with Crippen LogP contribution in [0.2, 0.25) is 0 Å². The number of hydrogen-bond acceptors (Lipinski definition) is 4. The average Bonchev–Trinajstić information content (AvgIpc) is 2.53. The average molecular weight is 256 g/mol. The van der Waals surface area contributed by atoms with E-state index in [1.54, 1.807) is 0 Å². The first-order valence-electron chi connectivity index (χ1n) is 5.69. The Balaban J connectivity index is 1.78. The third-order valence-electron chi connectivity index (χ3n) is 2.68. The summed E-state index contributed by atoms with van der Waals surface area (Å²) in [6, 6.07) is 5.60. The van der Waals surface area contributed by atoms with Crippen molar-refractivity contribution in [1.82, 2.24) is 10.3 Å². The zero-order chi connectivity index (χ0) is 13.2. The van der Waals surface area contributed by atoms with Gasteiger partial charge in [-0.3, -0.25) is 4.98 Å². The predicted octanol–water partition coefficient (Wildman–Crippen LogP) is 1.43. The summed E-state index contributed by atoms with van der Waals surface area (Å²) in [4.78, 5) is 15.0. The quantitative estimate of drug-likeness (QED) is 0.828. The Morgan fingerprint density at radius 2 is 2.33 bits per heavy atom.